The Labute approximate surface area is 114 Å². The number of likely N-dealkylation sites (N-methyl/N-ethyl adjacent to an activating group) is 1. The van der Waals surface area contributed by atoms with Crippen LogP contribution in [0.15, 0.2) is 24.3 Å². The van der Waals surface area contributed by atoms with Crippen LogP contribution < -0.4 is 10.6 Å². The Morgan fingerprint density at radius 1 is 1.42 bits per heavy atom. The highest BCUT2D eigenvalue weighted by Crippen LogP contribution is 2.17. The van der Waals surface area contributed by atoms with E-state index in [1.165, 1.54) is 4.90 Å². The summed E-state index contributed by atoms with van der Waals surface area (Å²) in [6, 6.07) is 7.71. The molecule has 0 saturated carbocycles. The summed E-state index contributed by atoms with van der Waals surface area (Å²) in [6.45, 7) is 4.01. The summed E-state index contributed by atoms with van der Waals surface area (Å²) in [6.07, 6.45) is -0.536. The SMILES string of the molecule is CNC(C)c1cccc(NC(=O)N(C)CC(C)O)c1. The predicted octanol–water partition coefficient (Wildman–Crippen LogP) is 1.81. The van der Waals surface area contributed by atoms with Gasteiger partial charge in [-0.2, -0.15) is 0 Å². The van der Waals surface area contributed by atoms with Gasteiger partial charge in [0.25, 0.3) is 0 Å². The fourth-order valence-electron chi connectivity index (χ4n) is 1.75. The Hall–Kier alpha value is -1.59. The first-order valence-corrected chi connectivity index (χ1v) is 6.41. The van der Waals surface area contributed by atoms with Crippen molar-refractivity contribution in [1.82, 2.24) is 10.2 Å². The quantitative estimate of drug-likeness (QED) is 0.761. The molecule has 0 fully saturated rings. The van der Waals surface area contributed by atoms with Crippen molar-refractivity contribution in [2.24, 2.45) is 0 Å². The molecule has 2 unspecified atom stereocenters. The van der Waals surface area contributed by atoms with Crippen molar-refractivity contribution in [3.63, 3.8) is 0 Å². The molecule has 2 amide bonds. The van der Waals surface area contributed by atoms with Crippen LogP contribution in [0.25, 0.3) is 0 Å². The number of amides is 2. The second kappa shape index (κ2) is 7.11. The van der Waals surface area contributed by atoms with E-state index in [9.17, 15) is 9.90 Å². The van der Waals surface area contributed by atoms with E-state index >= 15 is 0 Å². The van der Waals surface area contributed by atoms with E-state index in [4.69, 9.17) is 0 Å². The molecule has 0 aliphatic rings. The molecular formula is C14H23N3O2. The largest absolute Gasteiger partial charge is 0.392 e. The first-order chi connectivity index (χ1) is 8.93. The van der Waals surface area contributed by atoms with Crippen molar-refractivity contribution >= 4 is 11.7 Å². The molecule has 0 radical (unpaired) electrons. The van der Waals surface area contributed by atoms with E-state index < -0.39 is 6.10 Å². The smallest absolute Gasteiger partial charge is 0.321 e. The minimum atomic E-state index is -0.536. The van der Waals surface area contributed by atoms with Gasteiger partial charge in [-0.1, -0.05) is 12.1 Å². The van der Waals surface area contributed by atoms with Crippen LogP contribution in [-0.4, -0.2) is 42.8 Å². The van der Waals surface area contributed by atoms with Gasteiger partial charge in [0, 0.05) is 25.3 Å². The number of aliphatic hydroxyl groups is 1. The fraction of sp³-hybridized carbons (Fsp3) is 0.500. The van der Waals surface area contributed by atoms with Gasteiger partial charge in [0.15, 0.2) is 0 Å². The molecule has 0 heterocycles. The number of carbonyl (C=O) groups excluding carboxylic acids is 1. The minimum absolute atomic E-state index is 0.227. The molecule has 0 saturated heterocycles. The van der Waals surface area contributed by atoms with Gasteiger partial charge in [0.2, 0.25) is 0 Å². The van der Waals surface area contributed by atoms with Crippen molar-refractivity contribution in [2.45, 2.75) is 26.0 Å². The average molecular weight is 265 g/mol. The second-order valence-corrected chi connectivity index (χ2v) is 4.80. The maximum absolute atomic E-state index is 11.9. The first-order valence-electron chi connectivity index (χ1n) is 6.41. The van der Waals surface area contributed by atoms with Crippen LogP contribution >= 0.6 is 0 Å². The van der Waals surface area contributed by atoms with E-state index in [1.807, 2.05) is 31.3 Å². The molecular weight excluding hydrogens is 242 g/mol. The molecule has 0 aliphatic heterocycles. The van der Waals surface area contributed by atoms with E-state index in [1.54, 1.807) is 14.0 Å². The van der Waals surface area contributed by atoms with E-state index in [-0.39, 0.29) is 12.1 Å². The normalized spacial score (nSPS) is 13.7. The molecule has 0 aromatic heterocycles. The van der Waals surface area contributed by atoms with E-state index in [0.29, 0.717) is 6.54 Å². The molecule has 5 heteroatoms. The molecule has 1 aromatic carbocycles. The number of aliphatic hydroxyl groups excluding tert-OH is 1. The Kier molecular flexibility index (Phi) is 5.79. The molecule has 19 heavy (non-hydrogen) atoms. The maximum atomic E-state index is 11.9. The third-order valence-electron chi connectivity index (χ3n) is 2.96. The molecule has 0 spiro atoms. The number of nitrogens with zero attached hydrogens (tertiary/aromatic N) is 1. The minimum Gasteiger partial charge on any atom is -0.392 e. The number of nitrogens with one attached hydrogen (secondary N) is 2. The lowest BCUT2D eigenvalue weighted by Gasteiger charge is -2.20. The van der Waals surface area contributed by atoms with Gasteiger partial charge < -0.3 is 20.6 Å². The Morgan fingerprint density at radius 2 is 2.11 bits per heavy atom. The number of benzene rings is 1. The van der Waals surface area contributed by atoms with Crippen molar-refractivity contribution in [3.05, 3.63) is 29.8 Å². The van der Waals surface area contributed by atoms with Crippen molar-refractivity contribution in [1.29, 1.82) is 0 Å². The highest BCUT2D eigenvalue weighted by Gasteiger charge is 2.11. The summed E-state index contributed by atoms with van der Waals surface area (Å²) < 4.78 is 0. The summed E-state index contributed by atoms with van der Waals surface area (Å²) in [4.78, 5) is 13.3. The molecule has 106 valence electrons. The molecule has 1 rings (SSSR count). The first kappa shape index (κ1) is 15.5. The van der Waals surface area contributed by atoms with Crippen LogP contribution in [0, 0.1) is 0 Å². The van der Waals surface area contributed by atoms with Gasteiger partial charge in [-0.15, -0.1) is 0 Å². The van der Waals surface area contributed by atoms with Gasteiger partial charge in [-0.05, 0) is 38.6 Å². The summed E-state index contributed by atoms with van der Waals surface area (Å²) in [5.74, 6) is 0. The van der Waals surface area contributed by atoms with Crippen LogP contribution in [-0.2, 0) is 0 Å². The lowest BCUT2D eigenvalue weighted by Crippen LogP contribution is -2.36. The summed E-state index contributed by atoms with van der Waals surface area (Å²) in [5.41, 5.74) is 1.86. The van der Waals surface area contributed by atoms with Crippen molar-refractivity contribution < 1.29 is 9.90 Å². The van der Waals surface area contributed by atoms with Crippen molar-refractivity contribution in [2.75, 3.05) is 26.0 Å². The number of hydrogen-bond donors (Lipinski definition) is 3. The zero-order chi connectivity index (χ0) is 14.4. The number of rotatable bonds is 5. The fourth-order valence-corrected chi connectivity index (χ4v) is 1.75. The topological polar surface area (TPSA) is 64.6 Å². The molecule has 1 aromatic rings. The predicted molar refractivity (Wildman–Crippen MR) is 77.2 cm³/mol. The zero-order valence-corrected chi connectivity index (χ0v) is 12.0. The maximum Gasteiger partial charge on any atom is 0.321 e. The van der Waals surface area contributed by atoms with Crippen LogP contribution in [0.3, 0.4) is 0 Å². The number of urea groups is 1. The highest BCUT2D eigenvalue weighted by atomic mass is 16.3. The van der Waals surface area contributed by atoms with Gasteiger partial charge in [0.05, 0.1) is 6.10 Å². The summed E-state index contributed by atoms with van der Waals surface area (Å²) in [5, 5.41) is 15.2. The van der Waals surface area contributed by atoms with Gasteiger partial charge >= 0.3 is 6.03 Å². The lowest BCUT2D eigenvalue weighted by molar-refractivity contribution is 0.149. The van der Waals surface area contributed by atoms with E-state index in [0.717, 1.165) is 11.3 Å². The van der Waals surface area contributed by atoms with Gasteiger partial charge in [-0.25, -0.2) is 4.79 Å². The Bertz CT molecular complexity index is 421. The Balaban J connectivity index is 2.69. The second-order valence-electron chi connectivity index (χ2n) is 4.80. The lowest BCUT2D eigenvalue weighted by atomic mass is 10.1. The molecule has 5 nitrogen and oxygen atoms in total. The average Bonchev–Trinajstić information content (AvgIpc) is 2.37. The third-order valence-corrected chi connectivity index (χ3v) is 2.96. The number of carbonyl (C=O) groups is 1. The third kappa shape index (κ3) is 4.89. The zero-order valence-electron chi connectivity index (χ0n) is 12.0. The molecule has 2 atom stereocenters. The number of anilines is 1. The van der Waals surface area contributed by atoms with Crippen LogP contribution in [0.4, 0.5) is 10.5 Å². The standard InChI is InChI=1S/C14H23N3O2/c1-10(18)9-17(4)14(19)16-13-7-5-6-12(8-13)11(2)15-3/h5-8,10-11,15,18H,9H2,1-4H3,(H,16,19). The molecule has 0 aliphatic carbocycles. The van der Waals surface area contributed by atoms with E-state index in [2.05, 4.69) is 17.6 Å². The molecule has 0 bridgehead atoms. The van der Waals surface area contributed by atoms with Gasteiger partial charge in [0.1, 0.15) is 0 Å². The summed E-state index contributed by atoms with van der Waals surface area (Å²) in [7, 11) is 3.55. The highest BCUT2D eigenvalue weighted by molar-refractivity contribution is 5.89. The van der Waals surface area contributed by atoms with Crippen LogP contribution in [0.2, 0.25) is 0 Å². The monoisotopic (exact) mass is 265 g/mol. The van der Waals surface area contributed by atoms with Crippen LogP contribution in [0.1, 0.15) is 25.5 Å². The Morgan fingerprint density at radius 3 is 2.68 bits per heavy atom. The number of hydrogen-bond acceptors (Lipinski definition) is 3. The van der Waals surface area contributed by atoms with Gasteiger partial charge in [-0.3, -0.25) is 0 Å². The molecule has 3 N–H and O–H groups in total. The van der Waals surface area contributed by atoms with Crippen LogP contribution in [0.5, 0.6) is 0 Å². The summed E-state index contributed by atoms with van der Waals surface area (Å²) >= 11 is 0. The van der Waals surface area contributed by atoms with Crippen molar-refractivity contribution in [3.8, 4) is 0 Å².